The molecular formula is C18H22N4O4. The zero-order valence-corrected chi connectivity index (χ0v) is 14.7. The van der Waals surface area contributed by atoms with E-state index in [9.17, 15) is 9.59 Å². The molecule has 0 spiro atoms. The first-order valence-electron chi connectivity index (χ1n) is 8.88. The second-order valence-corrected chi connectivity index (χ2v) is 7.00. The summed E-state index contributed by atoms with van der Waals surface area (Å²) < 4.78 is 10.6. The van der Waals surface area contributed by atoms with Gasteiger partial charge in [0.2, 0.25) is 0 Å². The number of hydrogen-bond donors (Lipinski definition) is 1. The van der Waals surface area contributed by atoms with Crippen molar-refractivity contribution in [1.82, 2.24) is 19.9 Å². The number of esters is 1. The third kappa shape index (κ3) is 2.65. The van der Waals surface area contributed by atoms with Gasteiger partial charge in [0.25, 0.3) is 5.91 Å². The number of amides is 1. The van der Waals surface area contributed by atoms with Crippen LogP contribution in [0.25, 0.3) is 11.0 Å². The average Bonchev–Trinajstić information content (AvgIpc) is 3.33. The number of rotatable bonds is 3. The van der Waals surface area contributed by atoms with Crippen molar-refractivity contribution < 1.29 is 19.1 Å². The van der Waals surface area contributed by atoms with E-state index in [1.807, 2.05) is 0 Å². The Morgan fingerprint density at radius 2 is 2.19 bits per heavy atom. The van der Waals surface area contributed by atoms with Gasteiger partial charge in [0, 0.05) is 44.1 Å². The number of nitrogens with one attached hydrogen (secondary N) is 1. The summed E-state index contributed by atoms with van der Waals surface area (Å²) in [5, 5.41) is 0.694. The van der Waals surface area contributed by atoms with Crippen molar-refractivity contribution in [1.29, 1.82) is 0 Å². The quantitative estimate of drug-likeness (QED) is 0.833. The van der Waals surface area contributed by atoms with Gasteiger partial charge < -0.3 is 19.4 Å². The Bertz CT molecular complexity index is 829. The molecule has 2 aromatic rings. The van der Waals surface area contributed by atoms with Crippen LogP contribution >= 0.6 is 0 Å². The Morgan fingerprint density at radius 1 is 1.38 bits per heavy atom. The Morgan fingerprint density at radius 3 is 2.96 bits per heavy atom. The van der Waals surface area contributed by atoms with Crippen LogP contribution in [0.5, 0.6) is 0 Å². The molecule has 0 radical (unpaired) electrons. The molecule has 2 aliphatic rings. The molecule has 0 aliphatic carbocycles. The lowest BCUT2D eigenvalue weighted by Crippen LogP contribution is -2.45. The summed E-state index contributed by atoms with van der Waals surface area (Å²) in [5.74, 6) is -0.154. The third-order valence-corrected chi connectivity index (χ3v) is 5.77. The molecule has 0 bridgehead atoms. The van der Waals surface area contributed by atoms with Gasteiger partial charge in [-0.15, -0.1) is 0 Å². The van der Waals surface area contributed by atoms with E-state index in [1.165, 1.54) is 13.4 Å². The highest BCUT2D eigenvalue weighted by Gasteiger charge is 2.52. The number of methoxy groups -OCH3 is 1. The predicted octanol–water partition coefficient (Wildman–Crippen LogP) is 1.39. The van der Waals surface area contributed by atoms with Gasteiger partial charge in [-0.2, -0.15) is 0 Å². The van der Waals surface area contributed by atoms with Crippen molar-refractivity contribution in [2.24, 2.45) is 11.3 Å². The molecule has 1 N–H and O–H groups in total. The lowest BCUT2D eigenvalue weighted by atomic mass is 9.71. The maximum atomic E-state index is 13.1. The largest absolute Gasteiger partial charge is 0.469 e. The average molecular weight is 358 g/mol. The Hall–Kier alpha value is -2.48. The minimum atomic E-state index is -0.642. The number of carbonyl (C=O) groups excluding carboxylic acids is 2. The molecule has 2 aliphatic heterocycles. The van der Waals surface area contributed by atoms with Crippen molar-refractivity contribution in [2.75, 3.05) is 33.4 Å². The normalized spacial score (nSPS) is 24.1. The van der Waals surface area contributed by atoms with Crippen molar-refractivity contribution in [2.45, 2.75) is 19.3 Å². The van der Waals surface area contributed by atoms with Crippen molar-refractivity contribution in [3.8, 4) is 0 Å². The zero-order chi connectivity index (χ0) is 18.1. The van der Waals surface area contributed by atoms with Crippen molar-refractivity contribution in [3.63, 3.8) is 0 Å². The molecule has 1 amide bonds. The fourth-order valence-electron chi connectivity index (χ4n) is 4.33. The van der Waals surface area contributed by atoms with E-state index in [1.54, 1.807) is 17.3 Å². The number of likely N-dealkylation sites (tertiary alicyclic amines) is 1. The molecule has 4 heterocycles. The first-order chi connectivity index (χ1) is 12.7. The number of carbonyl (C=O) groups is 2. The minimum absolute atomic E-state index is 0.108. The van der Waals surface area contributed by atoms with Gasteiger partial charge in [-0.05, 0) is 25.2 Å². The van der Waals surface area contributed by atoms with E-state index in [4.69, 9.17) is 9.47 Å². The van der Waals surface area contributed by atoms with Crippen LogP contribution in [0.1, 0.15) is 29.6 Å². The summed E-state index contributed by atoms with van der Waals surface area (Å²) in [6, 6.07) is 0. The summed E-state index contributed by atoms with van der Waals surface area (Å²) in [5.41, 5.74) is 0.524. The maximum absolute atomic E-state index is 13.1. The molecule has 4 rings (SSSR count). The van der Waals surface area contributed by atoms with E-state index in [0.29, 0.717) is 49.3 Å². The number of ether oxygens (including phenoxy) is 2. The number of nitrogens with zero attached hydrogens (tertiary/aromatic N) is 3. The molecule has 2 aromatic heterocycles. The van der Waals surface area contributed by atoms with E-state index < -0.39 is 5.41 Å². The van der Waals surface area contributed by atoms with Crippen LogP contribution < -0.4 is 0 Å². The van der Waals surface area contributed by atoms with E-state index in [-0.39, 0.29) is 17.8 Å². The first-order valence-corrected chi connectivity index (χ1v) is 8.88. The third-order valence-electron chi connectivity index (χ3n) is 5.77. The molecule has 8 nitrogen and oxygen atoms in total. The van der Waals surface area contributed by atoms with Crippen molar-refractivity contribution in [3.05, 3.63) is 24.3 Å². The summed E-state index contributed by atoms with van der Waals surface area (Å²) in [4.78, 5) is 38.6. The van der Waals surface area contributed by atoms with E-state index in [2.05, 4.69) is 15.0 Å². The Labute approximate surface area is 150 Å². The standard InChI is InChI=1S/C18H22N4O4/c1-25-17(24)18(12-2-6-26-7-3-12)4-5-22(10-18)16(23)14-9-20-15-13(14)8-19-11-21-15/h8-9,11-12H,2-7,10H2,1H3,(H,19,20,21). The molecule has 0 aromatic carbocycles. The summed E-state index contributed by atoms with van der Waals surface area (Å²) >= 11 is 0. The molecule has 26 heavy (non-hydrogen) atoms. The lowest BCUT2D eigenvalue weighted by molar-refractivity contribution is -0.157. The molecule has 2 saturated heterocycles. The summed E-state index contributed by atoms with van der Waals surface area (Å²) in [6.07, 6.45) is 6.99. The number of hydrogen-bond acceptors (Lipinski definition) is 6. The van der Waals surface area contributed by atoms with Gasteiger partial charge in [-0.25, -0.2) is 9.97 Å². The van der Waals surface area contributed by atoms with Gasteiger partial charge in [0.05, 0.1) is 18.1 Å². The van der Waals surface area contributed by atoms with Gasteiger partial charge in [0.15, 0.2) is 0 Å². The zero-order valence-electron chi connectivity index (χ0n) is 14.7. The van der Waals surface area contributed by atoms with Crippen LogP contribution in [0.4, 0.5) is 0 Å². The predicted molar refractivity (Wildman–Crippen MR) is 92.4 cm³/mol. The number of aromatic nitrogens is 3. The second kappa shape index (κ2) is 6.68. The molecular weight excluding hydrogens is 336 g/mol. The Kier molecular flexibility index (Phi) is 4.36. The highest BCUT2D eigenvalue weighted by Crippen LogP contribution is 2.44. The van der Waals surface area contributed by atoms with Gasteiger partial charge in [-0.1, -0.05) is 0 Å². The summed E-state index contributed by atoms with van der Waals surface area (Å²) in [6.45, 7) is 2.21. The molecule has 138 valence electrons. The molecule has 1 unspecified atom stereocenters. The fraction of sp³-hybridized carbons (Fsp3) is 0.556. The van der Waals surface area contributed by atoms with Crippen LogP contribution in [-0.2, 0) is 14.3 Å². The fourth-order valence-corrected chi connectivity index (χ4v) is 4.33. The molecule has 8 heteroatoms. The number of aromatic amines is 1. The maximum Gasteiger partial charge on any atom is 0.313 e. The van der Waals surface area contributed by atoms with Crippen LogP contribution in [0.15, 0.2) is 18.7 Å². The number of fused-ring (bicyclic) bond motifs is 1. The lowest BCUT2D eigenvalue weighted by Gasteiger charge is -2.37. The Balaban J connectivity index is 1.61. The van der Waals surface area contributed by atoms with Crippen LogP contribution in [0.2, 0.25) is 0 Å². The highest BCUT2D eigenvalue weighted by atomic mass is 16.5. The molecule has 0 saturated carbocycles. The minimum Gasteiger partial charge on any atom is -0.469 e. The highest BCUT2D eigenvalue weighted by molar-refractivity contribution is 6.06. The van der Waals surface area contributed by atoms with Gasteiger partial charge in [0.1, 0.15) is 12.0 Å². The van der Waals surface area contributed by atoms with Gasteiger partial charge in [-0.3, -0.25) is 9.59 Å². The summed E-state index contributed by atoms with van der Waals surface area (Å²) in [7, 11) is 1.42. The monoisotopic (exact) mass is 358 g/mol. The first kappa shape index (κ1) is 17.0. The SMILES string of the molecule is COC(=O)C1(C2CCOCC2)CCN(C(=O)c2c[nH]c3ncncc23)C1. The van der Waals surface area contributed by atoms with Crippen LogP contribution in [-0.4, -0.2) is 65.1 Å². The van der Waals surface area contributed by atoms with Crippen LogP contribution in [0.3, 0.4) is 0 Å². The van der Waals surface area contributed by atoms with Crippen molar-refractivity contribution >= 4 is 22.9 Å². The van der Waals surface area contributed by atoms with E-state index >= 15 is 0 Å². The molecule has 2 fully saturated rings. The second-order valence-electron chi connectivity index (χ2n) is 7.00. The van der Waals surface area contributed by atoms with E-state index in [0.717, 1.165) is 12.8 Å². The molecule has 1 atom stereocenters. The van der Waals surface area contributed by atoms with Crippen LogP contribution in [0, 0.1) is 11.3 Å². The topological polar surface area (TPSA) is 97.4 Å². The van der Waals surface area contributed by atoms with Gasteiger partial charge >= 0.3 is 5.97 Å². The number of H-pyrrole nitrogens is 1. The smallest absolute Gasteiger partial charge is 0.313 e.